The fourth-order valence-electron chi connectivity index (χ4n) is 1.70. The molecule has 0 unspecified atom stereocenters. The molecule has 0 aliphatic heterocycles. The van der Waals surface area contributed by atoms with E-state index >= 15 is 0 Å². The highest BCUT2D eigenvalue weighted by atomic mass is 35.5. The molecule has 0 heterocycles. The maximum atomic E-state index is 5.85. The van der Waals surface area contributed by atoms with E-state index in [2.05, 4.69) is 19.1 Å². The number of hydrogen-bond acceptors (Lipinski definition) is 1. The van der Waals surface area contributed by atoms with Gasteiger partial charge in [0.1, 0.15) is 0 Å². The van der Waals surface area contributed by atoms with Crippen LogP contribution in [0.5, 0.6) is 0 Å². The van der Waals surface area contributed by atoms with Crippen LogP contribution in [0.2, 0.25) is 5.02 Å². The first-order valence-electron chi connectivity index (χ1n) is 4.21. The van der Waals surface area contributed by atoms with Gasteiger partial charge in [0.15, 0.2) is 0 Å². The standard InChI is InChI=1S/C10H12ClN/c1-6-9(10(6)12)7-2-4-8(11)5-3-7/h2-6,9-10H,12H2,1H3/t6-,9+,10+/m0/s1. The average molecular weight is 182 g/mol. The summed E-state index contributed by atoms with van der Waals surface area (Å²) in [5.41, 5.74) is 7.17. The summed E-state index contributed by atoms with van der Waals surface area (Å²) in [5, 5.41) is 0.792. The highest BCUT2D eigenvalue weighted by Gasteiger charge is 2.44. The quantitative estimate of drug-likeness (QED) is 0.708. The van der Waals surface area contributed by atoms with Crippen molar-refractivity contribution in [3.8, 4) is 0 Å². The van der Waals surface area contributed by atoms with Crippen LogP contribution in [0, 0.1) is 5.92 Å². The van der Waals surface area contributed by atoms with Crippen LogP contribution in [0.4, 0.5) is 0 Å². The van der Waals surface area contributed by atoms with Crippen molar-refractivity contribution >= 4 is 11.6 Å². The molecule has 1 nitrogen and oxygen atoms in total. The minimum absolute atomic E-state index is 0.353. The van der Waals surface area contributed by atoms with E-state index in [1.807, 2.05) is 12.1 Å². The Kier molecular flexibility index (Phi) is 1.85. The lowest BCUT2D eigenvalue weighted by Gasteiger charge is -1.97. The van der Waals surface area contributed by atoms with Crippen molar-refractivity contribution in [2.75, 3.05) is 0 Å². The molecule has 2 rings (SSSR count). The van der Waals surface area contributed by atoms with Crippen molar-refractivity contribution in [3.05, 3.63) is 34.9 Å². The summed E-state index contributed by atoms with van der Waals surface area (Å²) in [6, 6.07) is 8.34. The molecule has 1 aliphatic rings. The molecule has 1 saturated carbocycles. The molecular formula is C10H12ClN. The molecule has 2 N–H and O–H groups in total. The Morgan fingerprint density at radius 1 is 1.25 bits per heavy atom. The number of halogens is 1. The first kappa shape index (κ1) is 8.09. The van der Waals surface area contributed by atoms with Crippen LogP contribution in [0.15, 0.2) is 24.3 Å². The van der Waals surface area contributed by atoms with E-state index in [-0.39, 0.29) is 0 Å². The molecule has 3 atom stereocenters. The number of rotatable bonds is 1. The third-order valence-corrected chi connectivity index (χ3v) is 2.95. The van der Waals surface area contributed by atoms with E-state index in [0.29, 0.717) is 17.9 Å². The fraction of sp³-hybridized carbons (Fsp3) is 0.400. The third kappa shape index (κ3) is 1.23. The van der Waals surface area contributed by atoms with Gasteiger partial charge in [-0.15, -0.1) is 0 Å². The maximum Gasteiger partial charge on any atom is 0.0406 e. The van der Waals surface area contributed by atoms with Gasteiger partial charge >= 0.3 is 0 Å². The zero-order chi connectivity index (χ0) is 8.72. The van der Waals surface area contributed by atoms with E-state index in [9.17, 15) is 0 Å². The zero-order valence-electron chi connectivity index (χ0n) is 7.00. The first-order valence-corrected chi connectivity index (χ1v) is 4.59. The SMILES string of the molecule is C[C@@H]1[C@@H](N)[C@H]1c1ccc(Cl)cc1. The Bertz CT molecular complexity index is 272. The molecular weight excluding hydrogens is 170 g/mol. The van der Waals surface area contributed by atoms with Gasteiger partial charge in [-0.3, -0.25) is 0 Å². The molecule has 0 spiro atoms. The summed E-state index contributed by atoms with van der Waals surface area (Å²) in [6.07, 6.45) is 0. The largest absolute Gasteiger partial charge is 0.327 e. The van der Waals surface area contributed by atoms with Crippen LogP contribution in [0.3, 0.4) is 0 Å². The van der Waals surface area contributed by atoms with Gasteiger partial charge in [-0.25, -0.2) is 0 Å². The lowest BCUT2D eigenvalue weighted by molar-refractivity contribution is 0.885. The monoisotopic (exact) mass is 181 g/mol. The lowest BCUT2D eigenvalue weighted by atomic mass is 10.1. The van der Waals surface area contributed by atoms with E-state index in [4.69, 9.17) is 17.3 Å². The third-order valence-electron chi connectivity index (χ3n) is 2.70. The molecule has 1 fully saturated rings. The minimum Gasteiger partial charge on any atom is -0.327 e. The van der Waals surface area contributed by atoms with Crippen molar-refractivity contribution < 1.29 is 0 Å². The molecule has 1 aliphatic carbocycles. The van der Waals surface area contributed by atoms with E-state index in [1.165, 1.54) is 5.56 Å². The van der Waals surface area contributed by atoms with Gasteiger partial charge in [-0.1, -0.05) is 30.7 Å². The predicted octanol–water partition coefficient (Wildman–Crippen LogP) is 2.40. The molecule has 1 aromatic rings. The fourth-order valence-corrected chi connectivity index (χ4v) is 1.83. The highest BCUT2D eigenvalue weighted by Crippen LogP contribution is 2.45. The maximum absolute atomic E-state index is 5.85. The van der Waals surface area contributed by atoms with E-state index in [1.54, 1.807) is 0 Å². The summed E-state index contributed by atoms with van der Waals surface area (Å²) in [4.78, 5) is 0. The van der Waals surface area contributed by atoms with Gasteiger partial charge in [0.05, 0.1) is 0 Å². The van der Waals surface area contributed by atoms with E-state index in [0.717, 1.165) is 5.02 Å². The Morgan fingerprint density at radius 2 is 1.75 bits per heavy atom. The zero-order valence-corrected chi connectivity index (χ0v) is 7.75. The van der Waals surface area contributed by atoms with Crippen molar-refractivity contribution in [3.63, 3.8) is 0 Å². The van der Waals surface area contributed by atoms with Gasteiger partial charge < -0.3 is 5.73 Å². The van der Waals surface area contributed by atoms with E-state index < -0.39 is 0 Å². The second-order valence-electron chi connectivity index (χ2n) is 3.51. The van der Waals surface area contributed by atoms with Crippen LogP contribution in [0.1, 0.15) is 18.4 Å². The Labute approximate surface area is 77.5 Å². The van der Waals surface area contributed by atoms with Gasteiger partial charge in [0, 0.05) is 17.0 Å². The van der Waals surface area contributed by atoms with Crippen molar-refractivity contribution in [1.82, 2.24) is 0 Å². The van der Waals surface area contributed by atoms with Gasteiger partial charge in [0.25, 0.3) is 0 Å². The summed E-state index contributed by atoms with van der Waals surface area (Å²) in [5.74, 6) is 1.19. The summed E-state index contributed by atoms with van der Waals surface area (Å²) in [6.45, 7) is 2.18. The summed E-state index contributed by atoms with van der Waals surface area (Å²) < 4.78 is 0. The van der Waals surface area contributed by atoms with Crippen LogP contribution in [-0.4, -0.2) is 6.04 Å². The topological polar surface area (TPSA) is 26.0 Å². The predicted molar refractivity (Wildman–Crippen MR) is 51.3 cm³/mol. The minimum atomic E-state index is 0.353. The van der Waals surface area contributed by atoms with Crippen molar-refractivity contribution in [2.45, 2.75) is 18.9 Å². The van der Waals surface area contributed by atoms with Crippen LogP contribution < -0.4 is 5.73 Å². The van der Waals surface area contributed by atoms with Gasteiger partial charge in [0.2, 0.25) is 0 Å². The molecule has 1 aromatic carbocycles. The number of nitrogens with two attached hydrogens (primary N) is 1. The normalized spacial score (nSPS) is 33.4. The Hall–Kier alpha value is -0.530. The molecule has 64 valence electrons. The smallest absolute Gasteiger partial charge is 0.0406 e. The highest BCUT2D eigenvalue weighted by molar-refractivity contribution is 6.30. The second-order valence-corrected chi connectivity index (χ2v) is 3.95. The Morgan fingerprint density at radius 3 is 2.17 bits per heavy atom. The van der Waals surface area contributed by atoms with Gasteiger partial charge in [-0.2, -0.15) is 0 Å². The molecule has 12 heavy (non-hydrogen) atoms. The molecule has 0 radical (unpaired) electrons. The molecule has 0 bridgehead atoms. The lowest BCUT2D eigenvalue weighted by Crippen LogP contribution is -2.02. The second kappa shape index (κ2) is 2.75. The van der Waals surface area contributed by atoms with Crippen LogP contribution in [-0.2, 0) is 0 Å². The Balaban J connectivity index is 2.20. The molecule has 0 aromatic heterocycles. The van der Waals surface area contributed by atoms with Gasteiger partial charge in [-0.05, 0) is 23.6 Å². The van der Waals surface area contributed by atoms with Crippen LogP contribution >= 0.6 is 11.6 Å². The molecule has 0 amide bonds. The first-order chi connectivity index (χ1) is 5.70. The average Bonchev–Trinajstić information content (AvgIpc) is 2.63. The van der Waals surface area contributed by atoms with Crippen LogP contribution in [0.25, 0.3) is 0 Å². The summed E-state index contributed by atoms with van der Waals surface area (Å²) >= 11 is 5.78. The molecule has 2 heteroatoms. The number of hydrogen-bond donors (Lipinski definition) is 1. The number of benzene rings is 1. The van der Waals surface area contributed by atoms with Crippen molar-refractivity contribution in [2.24, 2.45) is 11.7 Å². The summed E-state index contributed by atoms with van der Waals surface area (Å²) in [7, 11) is 0. The molecule has 0 saturated heterocycles. The van der Waals surface area contributed by atoms with Crippen molar-refractivity contribution in [1.29, 1.82) is 0 Å².